The first-order valence-electron chi connectivity index (χ1n) is 7.64. The second kappa shape index (κ2) is 6.05. The van der Waals surface area contributed by atoms with Crippen molar-refractivity contribution in [2.24, 2.45) is 0 Å². The van der Waals surface area contributed by atoms with Gasteiger partial charge in [0, 0.05) is 12.6 Å². The summed E-state index contributed by atoms with van der Waals surface area (Å²) in [5, 5.41) is 4.00. The van der Waals surface area contributed by atoms with Crippen molar-refractivity contribution in [3.63, 3.8) is 0 Å². The molecule has 1 atom stereocenters. The van der Waals surface area contributed by atoms with E-state index in [1.807, 2.05) is 13.8 Å². The van der Waals surface area contributed by atoms with Gasteiger partial charge in [-0.15, -0.1) is 0 Å². The van der Waals surface area contributed by atoms with Crippen LogP contribution in [0.5, 0.6) is 0 Å². The van der Waals surface area contributed by atoms with E-state index in [-0.39, 0.29) is 10.8 Å². The molecule has 0 spiro atoms. The maximum Gasteiger partial charge on any atom is 0.246 e. The number of rotatable bonds is 4. The molecule has 1 fully saturated rings. The fraction of sp³-hybridized carbons (Fsp3) is 0.438. The standard InChI is InChI=1S/C16H19FN2O3S/c1-11(2)13-10-15(22-18-13)14-7-5-9-19(14)23(20,21)16-8-4-3-6-12(16)17/h3-4,6,8,10-11,14H,5,7,9H2,1-2H3. The van der Waals surface area contributed by atoms with Gasteiger partial charge in [0.25, 0.3) is 0 Å². The molecule has 2 heterocycles. The van der Waals surface area contributed by atoms with Gasteiger partial charge in [0.05, 0.1) is 11.7 Å². The SMILES string of the molecule is CC(C)c1cc(C2CCCN2S(=O)(=O)c2ccccc2F)on1. The van der Waals surface area contributed by atoms with Crippen molar-refractivity contribution in [2.75, 3.05) is 6.54 Å². The number of halogens is 1. The third-order valence-corrected chi connectivity index (χ3v) is 6.03. The van der Waals surface area contributed by atoms with Crippen LogP contribution in [0.2, 0.25) is 0 Å². The predicted octanol–water partition coefficient (Wildman–Crippen LogP) is 3.46. The van der Waals surface area contributed by atoms with Crippen LogP contribution < -0.4 is 0 Å². The Balaban J connectivity index is 1.96. The van der Waals surface area contributed by atoms with Crippen LogP contribution >= 0.6 is 0 Å². The van der Waals surface area contributed by atoms with Crippen molar-refractivity contribution >= 4 is 10.0 Å². The minimum absolute atomic E-state index is 0.200. The van der Waals surface area contributed by atoms with Crippen LogP contribution in [0.1, 0.15) is 50.1 Å². The Bertz CT molecular complexity index is 801. The number of aromatic nitrogens is 1. The van der Waals surface area contributed by atoms with Gasteiger partial charge in [0.15, 0.2) is 5.76 Å². The Morgan fingerprint density at radius 3 is 2.74 bits per heavy atom. The van der Waals surface area contributed by atoms with Crippen molar-refractivity contribution in [3.05, 3.63) is 47.6 Å². The number of hydrogen-bond acceptors (Lipinski definition) is 4. The van der Waals surface area contributed by atoms with Gasteiger partial charge in [-0.25, -0.2) is 12.8 Å². The zero-order valence-electron chi connectivity index (χ0n) is 13.1. The summed E-state index contributed by atoms with van der Waals surface area (Å²) in [6.07, 6.45) is 1.34. The maximum atomic E-state index is 13.9. The molecule has 2 aromatic rings. The summed E-state index contributed by atoms with van der Waals surface area (Å²) in [5.74, 6) is -0.0183. The molecule has 1 aliphatic heterocycles. The summed E-state index contributed by atoms with van der Waals surface area (Å²) in [5.41, 5.74) is 0.787. The summed E-state index contributed by atoms with van der Waals surface area (Å²) in [4.78, 5) is -0.296. The molecule has 1 unspecified atom stereocenters. The molecule has 1 aromatic carbocycles. The Morgan fingerprint density at radius 1 is 1.35 bits per heavy atom. The molecule has 0 bridgehead atoms. The Hall–Kier alpha value is -1.73. The summed E-state index contributed by atoms with van der Waals surface area (Å²) in [6, 6.07) is 6.81. The molecule has 3 rings (SSSR count). The average molecular weight is 338 g/mol. The van der Waals surface area contributed by atoms with E-state index in [2.05, 4.69) is 5.16 Å². The molecule has 124 valence electrons. The van der Waals surface area contributed by atoms with Gasteiger partial charge in [0.1, 0.15) is 10.7 Å². The van der Waals surface area contributed by atoms with E-state index in [1.165, 1.54) is 22.5 Å². The highest BCUT2D eigenvalue weighted by molar-refractivity contribution is 7.89. The van der Waals surface area contributed by atoms with Crippen LogP contribution in [0, 0.1) is 5.82 Å². The van der Waals surface area contributed by atoms with Crippen LogP contribution in [0.3, 0.4) is 0 Å². The highest BCUT2D eigenvalue weighted by Gasteiger charge is 2.39. The van der Waals surface area contributed by atoms with Gasteiger partial charge in [-0.05, 0) is 30.9 Å². The van der Waals surface area contributed by atoms with Crippen molar-refractivity contribution < 1.29 is 17.3 Å². The highest BCUT2D eigenvalue weighted by atomic mass is 32.2. The van der Waals surface area contributed by atoms with Crippen molar-refractivity contribution in [1.82, 2.24) is 9.46 Å². The zero-order valence-corrected chi connectivity index (χ0v) is 13.9. The van der Waals surface area contributed by atoms with Crippen molar-refractivity contribution in [3.8, 4) is 0 Å². The normalized spacial score (nSPS) is 19.6. The van der Waals surface area contributed by atoms with Gasteiger partial charge >= 0.3 is 0 Å². The van der Waals surface area contributed by atoms with Crippen LogP contribution in [0.25, 0.3) is 0 Å². The second-order valence-corrected chi connectivity index (χ2v) is 7.87. The van der Waals surface area contributed by atoms with E-state index < -0.39 is 21.9 Å². The fourth-order valence-electron chi connectivity index (χ4n) is 2.83. The first-order chi connectivity index (χ1) is 10.9. The molecule has 0 N–H and O–H groups in total. The van der Waals surface area contributed by atoms with E-state index in [1.54, 1.807) is 6.07 Å². The van der Waals surface area contributed by atoms with Crippen LogP contribution in [0.15, 0.2) is 39.8 Å². The third-order valence-electron chi connectivity index (χ3n) is 4.09. The Morgan fingerprint density at radius 2 is 2.09 bits per heavy atom. The van der Waals surface area contributed by atoms with Crippen LogP contribution in [-0.2, 0) is 10.0 Å². The summed E-state index contributed by atoms with van der Waals surface area (Å²) < 4.78 is 46.2. The highest BCUT2D eigenvalue weighted by Crippen LogP contribution is 2.37. The van der Waals surface area contributed by atoms with Crippen LogP contribution in [-0.4, -0.2) is 24.4 Å². The third kappa shape index (κ3) is 2.90. The molecule has 0 saturated carbocycles. The molecule has 0 radical (unpaired) electrons. The quantitative estimate of drug-likeness (QED) is 0.856. The molecule has 5 nitrogen and oxygen atoms in total. The van der Waals surface area contributed by atoms with Crippen LogP contribution in [0.4, 0.5) is 4.39 Å². The van der Waals surface area contributed by atoms with E-state index in [0.29, 0.717) is 25.1 Å². The molecule has 7 heteroatoms. The molecule has 1 aliphatic rings. The van der Waals surface area contributed by atoms with Gasteiger partial charge in [-0.1, -0.05) is 31.1 Å². The fourth-order valence-corrected chi connectivity index (χ4v) is 4.56. The molecule has 23 heavy (non-hydrogen) atoms. The second-order valence-electron chi connectivity index (χ2n) is 6.01. The molecular formula is C16H19FN2O3S. The van der Waals surface area contributed by atoms with Gasteiger partial charge in [-0.3, -0.25) is 0 Å². The van der Waals surface area contributed by atoms with E-state index in [9.17, 15) is 12.8 Å². The first-order valence-corrected chi connectivity index (χ1v) is 9.08. The van der Waals surface area contributed by atoms with Crippen molar-refractivity contribution in [2.45, 2.75) is 43.5 Å². The molecule has 0 amide bonds. The van der Waals surface area contributed by atoms with Crippen molar-refractivity contribution in [1.29, 1.82) is 0 Å². The van der Waals surface area contributed by atoms with E-state index in [0.717, 1.165) is 11.8 Å². The van der Waals surface area contributed by atoms with E-state index in [4.69, 9.17) is 4.52 Å². The lowest BCUT2D eigenvalue weighted by molar-refractivity contribution is 0.295. The van der Waals surface area contributed by atoms with Gasteiger partial charge < -0.3 is 4.52 Å². The zero-order chi connectivity index (χ0) is 16.6. The minimum Gasteiger partial charge on any atom is -0.359 e. The molecule has 1 saturated heterocycles. The summed E-state index contributed by atoms with van der Waals surface area (Å²) in [7, 11) is -3.91. The number of benzene rings is 1. The molecule has 1 aromatic heterocycles. The Kier molecular flexibility index (Phi) is 4.25. The number of sulfonamides is 1. The van der Waals surface area contributed by atoms with Gasteiger partial charge in [-0.2, -0.15) is 4.31 Å². The average Bonchev–Trinajstić information content (AvgIpc) is 3.16. The smallest absolute Gasteiger partial charge is 0.246 e. The predicted molar refractivity (Wildman–Crippen MR) is 82.9 cm³/mol. The lowest BCUT2D eigenvalue weighted by Gasteiger charge is -2.22. The lowest BCUT2D eigenvalue weighted by atomic mass is 10.1. The minimum atomic E-state index is -3.91. The summed E-state index contributed by atoms with van der Waals surface area (Å²) in [6.45, 7) is 4.33. The monoisotopic (exact) mass is 338 g/mol. The molecule has 0 aliphatic carbocycles. The maximum absolute atomic E-state index is 13.9. The largest absolute Gasteiger partial charge is 0.359 e. The lowest BCUT2D eigenvalue weighted by Crippen LogP contribution is -2.31. The number of nitrogens with zero attached hydrogens (tertiary/aromatic N) is 2. The topological polar surface area (TPSA) is 63.4 Å². The Labute approximate surface area is 135 Å². The first kappa shape index (κ1) is 16.1. The number of hydrogen-bond donors (Lipinski definition) is 0. The summed E-state index contributed by atoms with van der Waals surface area (Å²) >= 11 is 0. The van der Waals surface area contributed by atoms with E-state index >= 15 is 0 Å². The van der Waals surface area contributed by atoms with Gasteiger partial charge in [0.2, 0.25) is 10.0 Å². The molecular weight excluding hydrogens is 319 g/mol.